The van der Waals surface area contributed by atoms with E-state index in [1.54, 1.807) is 0 Å². The molecule has 17 heavy (non-hydrogen) atoms. The van der Waals surface area contributed by atoms with Crippen LogP contribution in [0.15, 0.2) is 0 Å². The first-order valence-corrected chi connectivity index (χ1v) is 6.59. The number of carbonyl (C=O) groups is 1. The number of aromatic nitrogens is 1. The van der Waals surface area contributed by atoms with E-state index in [0.29, 0.717) is 5.69 Å². The first-order valence-electron chi connectivity index (χ1n) is 5.78. The van der Waals surface area contributed by atoms with Gasteiger partial charge in [0.1, 0.15) is 0 Å². The van der Waals surface area contributed by atoms with Crippen LogP contribution < -0.4 is 5.43 Å². The predicted octanol–water partition coefficient (Wildman–Crippen LogP) is 2.05. The van der Waals surface area contributed by atoms with Crippen molar-refractivity contribution in [3.05, 3.63) is 10.6 Å². The number of hydrogen-bond acceptors (Lipinski definition) is 6. The number of hydrogen-bond donors (Lipinski definition) is 1. The summed E-state index contributed by atoms with van der Waals surface area (Å²) in [5.74, 6) is -0.370. The van der Waals surface area contributed by atoms with Crippen molar-refractivity contribution in [2.45, 2.75) is 26.2 Å². The Balaban J connectivity index is 2.03. The van der Waals surface area contributed by atoms with Gasteiger partial charge in [0.25, 0.3) is 0 Å². The first-order chi connectivity index (χ1) is 8.20. The summed E-state index contributed by atoms with van der Waals surface area (Å²) in [5, 5.41) is 2.92. The highest BCUT2D eigenvalue weighted by Crippen LogP contribution is 2.23. The number of anilines is 1. The van der Waals surface area contributed by atoms with Crippen LogP contribution in [0.4, 0.5) is 5.13 Å². The van der Waals surface area contributed by atoms with Crippen molar-refractivity contribution in [1.82, 2.24) is 9.99 Å². The van der Waals surface area contributed by atoms with Gasteiger partial charge >= 0.3 is 5.97 Å². The topological polar surface area (TPSA) is 54.5 Å². The minimum Gasteiger partial charge on any atom is -0.464 e. The van der Waals surface area contributed by atoms with Crippen LogP contribution in [-0.2, 0) is 4.74 Å². The molecule has 0 atom stereocenters. The molecule has 6 heteroatoms. The molecule has 0 spiro atoms. The molecule has 2 rings (SSSR count). The predicted molar refractivity (Wildman–Crippen MR) is 67.2 cm³/mol. The van der Waals surface area contributed by atoms with E-state index in [2.05, 4.69) is 20.2 Å². The van der Waals surface area contributed by atoms with E-state index in [-0.39, 0.29) is 5.97 Å². The number of ether oxygens (including phenoxy) is 1. The second-order valence-corrected chi connectivity index (χ2v) is 5.28. The zero-order valence-electron chi connectivity index (χ0n) is 10.2. The third-order valence-corrected chi connectivity index (χ3v) is 3.66. The van der Waals surface area contributed by atoms with Gasteiger partial charge in [-0.25, -0.2) is 14.8 Å². The summed E-state index contributed by atoms with van der Waals surface area (Å²) in [6.45, 7) is 3.95. The zero-order chi connectivity index (χ0) is 12.3. The summed E-state index contributed by atoms with van der Waals surface area (Å²) in [6, 6.07) is 0. The summed E-state index contributed by atoms with van der Waals surface area (Å²) < 4.78 is 4.68. The van der Waals surface area contributed by atoms with Gasteiger partial charge in [0.05, 0.1) is 7.11 Å². The van der Waals surface area contributed by atoms with Crippen LogP contribution in [0, 0.1) is 6.92 Å². The third kappa shape index (κ3) is 2.95. The van der Waals surface area contributed by atoms with Gasteiger partial charge in [-0.3, -0.25) is 5.43 Å². The van der Waals surface area contributed by atoms with Crippen LogP contribution in [0.1, 0.15) is 34.6 Å². The number of aryl methyl sites for hydroxylation is 1. The molecular weight excluding hydrogens is 238 g/mol. The second kappa shape index (κ2) is 5.46. The van der Waals surface area contributed by atoms with Crippen molar-refractivity contribution in [2.75, 3.05) is 25.6 Å². The van der Waals surface area contributed by atoms with Crippen LogP contribution in [-0.4, -0.2) is 36.2 Å². The fourth-order valence-corrected chi connectivity index (χ4v) is 2.70. The number of piperidine rings is 1. The minimum absolute atomic E-state index is 0.370. The van der Waals surface area contributed by atoms with Gasteiger partial charge in [-0.2, -0.15) is 0 Å². The lowest BCUT2D eigenvalue weighted by Crippen LogP contribution is -2.34. The number of hydrazine groups is 1. The molecule has 0 bridgehead atoms. The molecule has 1 aromatic heterocycles. The average Bonchev–Trinajstić information content (AvgIpc) is 2.70. The van der Waals surface area contributed by atoms with E-state index in [1.165, 1.54) is 37.7 Å². The van der Waals surface area contributed by atoms with Gasteiger partial charge < -0.3 is 4.74 Å². The summed E-state index contributed by atoms with van der Waals surface area (Å²) in [6.07, 6.45) is 3.71. The average molecular weight is 255 g/mol. The Morgan fingerprint density at radius 3 is 2.76 bits per heavy atom. The van der Waals surface area contributed by atoms with Crippen molar-refractivity contribution in [3.8, 4) is 0 Å². The molecule has 1 fully saturated rings. The molecule has 1 aromatic rings. The Kier molecular flexibility index (Phi) is 3.96. The van der Waals surface area contributed by atoms with Crippen molar-refractivity contribution >= 4 is 22.4 Å². The molecular formula is C11H17N3O2S. The smallest absolute Gasteiger partial charge is 0.357 e. The highest BCUT2D eigenvalue weighted by Gasteiger charge is 2.17. The zero-order valence-corrected chi connectivity index (χ0v) is 11.0. The Morgan fingerprint density at radius 2 is 2.12 bits per heavy atom. The number of thiazole rings is 1. The normalized spacial score (nSPS) is 16.8. The SMILES string of the molecule is COC(=O)c1nc(NN2CCCCC2)sc1C. The third-order valence-electron chi connectivity index (χ3n) is 2.79. The Morgan fingerprint density at radius 1 is 1.41 bits per heavy atom. The van der Waals surface area contributed by atoms with E-state index < -0.39 is 0 Å². The quantitative estimate of drug-likeness (QED) is 0.838. The molecule has 0 aromatic carbocycles. The maximum atomic E-state index is 11.4. The molecule has 1 aliphatic rings. The molecule has 0 saturated carbocycles. The number of nitrogens with zero attached hydrogens (tertiary/aromatic N) is 2. The standard InChI is InChI=1S/C11H17N3O2S/c1-8-9(10(15)16-2)12-11(17-8)13-14-6-4-3-5-7-14/h3-7H2,1-2H3,(H,12,13). The van der Waals surface area contributed by atoms with Gasteiger partial charge in [-0.15, -0.1) is 11.3 Å². The van der Waals surface area contributed by atoms with Gasteiger partial charge in [0, 0.05) is 18.0 Å². The molecule has 5 nitrogen and oxygen atoms in total. The maximum absolute atomic E-state index is 11.4. The van der Waals surface area contributed by atoms with Crippen molar-refractivity contribution in [3.63, 3.8) is 0 Å². The molecule has 1 saturated heterocycles. The maximum Gasteiger partial charge on any atom is 0.357 e. The van der Waals surface area contributed by atoms with Gasteiger partial charge in [-0.1, -0.05) is 6.42 Å². The van der Waals surface area contributed by atoms with Gasteiger partial charge in [0.2, 0.25) is 0 Å². The van der Waals surface area contributed by atoms with Crippen LogP contribution in [0.25, 0.3) is 0 Å². The molecule has 1 aliphatic heterocycles. The van der Waals surface area contributed by atoms with Crippen LogP contribution in [0.2, 0.25) is 0 Å². The summed E-state index contributed by atoms with van der Waals surface area (Å²) >= 11 is 1.49. The monoisotopic (exact) mass is 255 g/mol. The summed E-state index contributed by atoms with van der Waals surface area (Å²) in [4.78, 5) is 16.6. The van der Waals surface area contributed by atoms with Gasteiger partial charge in [-0.05, 0) is 19.8 Å². The Labute approximate surface area is 105 Å². The van der Waals surface area contributed by atoms with E-state index >= 15 is 0 Å². The lowest BCUT2D eigenvalue weighted by atomic mass is 10.2. The van der Waals surface area contributed by atoms with Crippen molar-refractivity contribution in [1.29, 1.82) is 0 Å². The summed E-state index contributed by atoms with van der Waals surface area (Å²) in [5.41, 5.74) is 3.67. The molecule has 0 radical (unpaired) electrons. The van der Waals surface area contributed by atoms with Crippen LogP contribution >= 0.6 is 11.3 Å². The summed E-state index contributed by atoms with van der Waals surface area (Å²) in [7, 11) is 1.37. The van der Waals surface area contributed by atoms with Gasteiger partial charge in [0.15, 0.2) is 10.8 Å². The molecule has 0 amide bonds. The molecule has 0 unspecified atom stereocenters. The van der Waals surface area contributed by atoms with E-state index in [4.69, 9.17) is 0 Å². The fourth-order valence-electron chi connectivity index (χ4n) is 1.87. The van der Waals surface area contributed by atoms with Crippen LogP contribution in [0.3, 0.4) is 0 Å². The van der Waals surface area contributed by atoms with E-state index in [9.17, 15) is 4.79 Å². The largest absolute Gasteiger partial charge is 0.464 e. The molecule has 94 valence electrons. The highest BCUT2D eigenvalue weighted by atomic mass is 32.1. The Bertz CT molecular complexity index is 399. The van der Waals surface area contributed by atoms with Crippen molar-refractivity contribution < 1.29 is 9.53 Å². The lowest BCUT2D eigenvalue weighted by Gasteiger charge is -2.26. The molecule has 2 heterocycles. The molecule has 0 aliphatic carbocycles. The lowest BCUT2D eigenvalue weighted by molar-refractivity contribution is 0.0594. The number of methoxy groups -OCH3 is 1. The number of rotatable bonds is 3. The second-order valence-electron chi connectivity index (χ2n) is 4.07. The van der Waals surface area contributed by atoms with E-state index in [0.717, 1.165) is 23.1 Å². The van der Waals surface area contributed by atoms with Crippen LogP contribution in [0.5, 0.6) is 0 Å². The minimum atomic E-state index is -0.370. The highest BCUT2D eigenvalue weighted by molar-refractivity contribution is 7.15. The van der Waals surface area contributed by atoms with Crippen molar-refractivity contribution in [2.24, 2.45) is 0 Å². The number of nitrogens with one attached hydrogen (secondary N) is 1. The first kappa shape index (κ1) is 12.3. The Hall–Kier alpha value is -1.14. The number of esters is 1. The molecule has 1 N–H and O–H groups in total. The fraction of sp³-hybridized carbons (Fsp3) is 0.636. The number of carbonyl (C=O) groups excluding carboxylic acids is 1. The van der Waals surface area contributed by atoms with E-state index in [1.807, 2.05) is 6.92 Å².